The van der Waals surface area contributed by atoms with Crippen LogP contribution < -0.4 is 45.8 Å². The Morgan fingerprint density at radius 2 is 1.74 bits per heavy atom. The minimum Gasteiger partial charge on any atom is -0.748 e. The summed E-state index contributed by atoms with van der Waals surface area (Å²) in [7, 11) is -4.93. The number of aryl methyl sites for hydroxylation is 1. The van der Waals surface area contributed by atoms with Crippen molar-refractivity contribution >= 4 is 16.1 Å². The van der Waals surface area contributed by atoms with Gasteiger partial charge in [0.1, 0.15) is 17.6 Å². The number of benzene rings is 4. The molecule has 4 aromatic carbocycles. The second-order valence-corrected chi connectivity index (χ2v) is 23.4. The number of guanidine groups is 1. The van der Waals surface area contributed by atoms with Crippen molar-refractivity contribution in [1.29, 1.82) is 0 Å². The summed E-state index contributed by atoms with van der Waals surface area (Å²) in [6.45, 7) is 1.89. The number of ether oxygens (including phenoxy) is 2. The van der Waals surface area contributed by atoms with Crippen molar-refractivity contribution in [2.45, 2.75) is 131 Å². The van der Waals surface area contributed by atoms with Crippen LogP contribution in [0.1, 0.15) is 134 Å². The average Bonchev–Trinajstić information content (AvgIpc) is 3.65. The molecule has 10 bridgehead atoms. The maximum absolute atomic E-state index is 14.2. The minimum atomic E-state index is -4.93. The van der Waals surface area contributed by atoms with Gasteiger partial charge in [-0.3, -0.25) is 0 Å². The van der Waals surface area contributed by atoms with E-state index < -0.39 is 50.6 Å². The SMILES string of the molecule is C[C@@H]1CCc2cc3ccc2[C@H]1C[C@@H](S(=O)(=O)[O-])[C@H]1C=C2C[C@H](C[C@H]4C[C@@H](CO)CC#Cc5cc(O)ccc5[C@@H]2O4)[C@@H]1c1ccc(cc1)[C@](C[C@@H](CCO)[C@]1(O)CC[C@H](Cc2ccccc2)C1)(N=C(N)N)O3.[Na+]. The first kappa shape index (κ1) is 52.7. The Bertz CT molecular complexity index is 2830. The standard InChI is InChI=1S/C58H69N3O9S.Na/c1-35-10-11-41-28-47-17-19-49(41)51(35)31-53(71(66,67)68)52-30-43-26-42(29-48-25-38(34-63)8-5-9-40-27-46(64)16-18-50(40)55(43)69-48)54(52)39-12-14-44(15-13-39)58(70-47,61-56(59)60)33-45(21-23-62)57(65)22-20-37(32-57)24-36-6-3-2-4-7-36;/h2-4,6-7,12-19,27-28,30,35,37-38,42,45,48,51-55,62-65H,8,10-11,20-26,29,31-34H2,1H3,(H4,59,60,61)(H,66,67,68);/q;+1/p-1/t35-,37-,38+,42-,45-,48-,51+,52-,53-,54+,55-,57+,58-;/m1./s1. The third-order valence-electron chi connectivity index (χ3n) is 17.3. The summed E-state index contributed by atoms with van der Waals surface area (Å²) in [6, 6.07) is 29.1. The molecule has 0 aromatic heterocycles. The van der Waals surface area contributed by atoms with Gasteiger partial charge in [0.15, 0.2) is 5.96 Å². The molecule has 5 heterocycles. The number of aliphatic hydroxyl groups is 3. The number of hydrogen-bond acceptors (Lipinski definition) is 10. The number of aliphatic hydroxyl groups excluding tert-OH is 2. The number of nitrogens with zero attached hydrogens (tertiary/aromatic N) is 1. The predicted octanol–water partition coefficient (Wildman–Crippen LogP) is 4.98. The number of rotatable bonds is 10. The fourth-order valence-electron chi connectivity index (χ4n) is 13.9. The summed E-state index contributed by atoms with van der Waals surface area (Å²) >= 11 is 0. The molecular weight excluding hydrogens is 938 g/mol. The Balaban J connectivity index is 0.00000640. The first-order valence-corrected chi connectivity index (χ1v) is 27.2. The van der Waals surface area contributed by atoms with Crippen LogP contribution in [0.2, 0.25) is 0 Å². The summed E-state index contributed by atoms with van der Waals surface area (Å²) in [5.41, 5.74) is 17.0. The van der Waals surface area contributed by atoms with Gasteiger partial charge >= 0.3 is 29.6 Å². The minimum absolute atomic E-state index is 0. The van der Waals surface area contributed by atoms with Gasteiger partial charge in [0.05, 0.1) is 27.1 Å². The molecule has 1 saturated heterocycles. The Hall–Kier alpha value is -4.20. The van der Waals surface area contributed by atoms with Crippen molar-refractivity contribution in [1.82, 2.24) is 0 Å². The molecule has 8 aliphatic rings. The molecule has 8 N–H and O–H groups in total. The third-order valence-corrected chi connectivity index (χ3v) is 18.5. The zero-order valence-corrected chi connectivity index (χ0v) is 44.4. The number of fused-ring (bicyclic) bond motifs is 9. The molecule has 0 radical (unpaired) electrons. The van der Waals surface area contributed by atoms with Gasteiger partial charge in [-0.1, -0.05) is 91.6 Å². The number of aliphatic imine (C=N–C) groups is 1. The largest absolute Gasteiger partial charge is 1.00 e. The van der Waals surface area contributed by atoms with Gasteiger partial charge in [-0.05, 0) is 170 Å². The molecule has 1 saturated carbocycles. The van der Waals surface area contributed by atoms with Gasteiger partial charge in [0.2, 0.25) is 5.72 Å². The van der Waals surface area contributed by atoms with Crippen molar-refractivity contribution in [3.8, 4) is 23.3 Å². The van der Waals surface area contributed by atoms with Crippen LogP contribution in [0, 0.1) is 47.3 Å². The molecule has 2 fully saturated rings. The van der Waals surface area contributed by atoms with Gasteiger partial charge in [-0.25, -0.2) is 13.4 Å². The van der Waals surface area contributed by atoms with Crippen LogP contribution in [-0.4, -0.2) is 69.5 Å². The van der Waals surface area contributed by atoms with Crippen LogP contribution >= 0.6 is 0 Å². The maximum atomic E-state index is 14.2. The molecule has 376 valence electrons. The zero-order chi connectivity index (χ0) is 49.7. The van der Waals surface area contributed by atoms with Crippen LogP contribution in [0.3, 0.4) is 0 Å². The van der Waals surface area contributed by atoms with Crippen LogP contribution in [0.25, 0.3) is 0 Å². The van der Waals surface area contributed by atoms with E-state index >= 15 is 0 Å². The molecule has 12 rings (SSSR count). The second-order valence-electron chi connectivity index (χ2n) is 21.9. The first-order chi connectivity index (χ1) is 34.1. The quantitative estimate of drug-likeness (QED) is 0.0311. The Morgan fingerprint density at radius 3 is 2.47 bits per heavy atom. The molecule has 0 unspecified atom stereocenters. The summed E-state index contributed by atoms with van der Waals surface area (Å²) in [5.74, 6) is 4.87. The molecule has 4 aromatic rings. The van der Waals surface area contributed by atoms with E-state index in [2.05, 4.69) is 30.9 Å². The van der Waals surface area contributed by atoms with E-state index in [1.807, 2.05) is 72.8 Å². The predicted molar refractivity (Wildman–Crippen MR) is 271 cm³/mol. The maximum Gasteiger partial charge on any atom is 1.00 e. The van der Waals surface area contributed by atoms with Gasteiger partial charge in [-0.15, -0.1) is 0 Å². The fourth-order valence-corrected chi connectivity index (χ4v) is 15.0. The molecule has 0 amide bonds. The van der Waals surface area contributed by atoms with Gasteiger partial charge in [-0.2, -0.15) is 0 Å². The summed E-state index contributed by atoms with van der Waals surface area (Å²) in [4.78, 5) is 4.97. The van der Waals surface area contributed by atoms with E-state index in [-0.39, 0.29) is 109 Å². The number of nitrogens with two attached hydrogens (primary N) is 2. The van der Waals surface area contributed by atoms with E-state index in [4.69, 9.17) is 25.9 Å². The van der Waals surface area contributed by atoms with Crippen molar-refractivity contribution < 1.29 is 72.4 Å². The Morgan fingerprint density at radius 1 is 0.958 bits per heavy atom. The number of aromatic hydroxyl groups is 1. The zero-order valence-electron chi connectivity index (χ0n) is 41.5. The van der Waals surface area contributed by atoms with Gasteiger partial charge in [0.25, 0.3) is 0 Å². The van der Waals surface area contributed by atoms with Crippen molar-refractivity contribution in [3.05, 3.63) is 142 Å². The van der Waals surface area contributed by atoms with Crippen molar-refractivity contribution in [3.63, 3.8) is 0 Å². The van der Waals surface area contributed by atoms with E-state index in [1.165, 1.54) is 5.56 Å². The van der Waals surface area contributed by atoms with Crippen LogP contribution in [0.15, 0.2) is 108 Å². The monoisotopic (exact) mass is 1010 g/mol. The number of hydrogen-bond donors (Lipinski definition) is 6. The van der Waals surface area contributed by atoms with E-state index in [0.29, 0.717) is 61.8 Å². The van der Waals surface area contributed by atoms with Crippen LogP contribution in [0.5, 0.6) is 11.5 Å². The molecular formula is C58H68N3NaO9S. The fraction of sp³-hybridized carbons (Fsp3) is 0.500. The molecule has 0 spiro atoms. The molecule has 14 heteroatoms. The normalized spacial score (nSPS) is 32.0. The van der Waals surface area contributed by atoms with E-state index in [9.17, 15) is 33.4 Å². The first-order valence-electron chi connectivity index (χ1n) is 25.8. The third kappa shape index (κ3) is 10.8. The molecule has 12 nitrogen and oxygen atoms in total. The number of allylic oxidation sites excluding steroid dienone is 1. The smallest absolute Gasteiger partial charge is 0.748 e. The number of phenolic OH excluding ortho intramolecular Hbond substituents is 1. The summed E-state index contributed by atoms with van der Waals surface area (Å²) in [5, 5.41) is 43.3. The van der Waals surface area contributed by atoms with Crippen LogP contribution in [-0.2, 0) is 33.4 Å². The van der Waals surface area contributed by atoms with E-state index in [0.717, 1.165) is 47.1 Å². The summed E-state index contributed by atoms with van der Waals surface area (Å²) < 4.78 is 56.8. The van der Waals surface area contributed by atoms with Gasteiger partial charge < -0.3 is 45.9 Å². The van der Waals surface area contributed by atoms with Gasteiger partial charge in [0, 0.05) is 42.7 Å². The molecule has 72 heavy (non-hydrogen) atoms. The van der Waals surface area contributed by atoms with Crippen molar-refractivity contribution in [2.75, 3.05) is 13.2 Å². The molecule has 13 atom stereocenters. The average molecular weight is 1010 g/mol. The topological polar surface area (TPSA) is 221 Å². The Labute approximate surface area is 446 Å². The van der Waals surface area contributed by atoms with Crippen molar-refractivity contribution in [2.24, 2.45) is 52.0 Å². The Kier molecular flexibility index (Phi) is 15.8. The van der Waals surface area contributed by atoms with Crippen LogP contribution in [0.4, 0.5) is 0 Å². The number of phenols is 1. The summed E-state index contributed by atoms with van der Waals surface area (Å²) in [6.07, 6.45) is 7.88. The molecule has 3 aliphatic carbocycles. The molecule has 5 aliphatic heterocycles. The second kappa shape index (κ2) is 21.6. The van der Waals surface area contributed by atoms with E-state index in [1.54, 1.807) is 12.1 Å².